The molecule has 34 heavy (non-hydrogen) atoms. The molecule has 1 aliphatic heterocycles. The van der Waals surface area contributed by atoms with Crippen LogP contribution in [0.3, 0.4) is 0 Å². The van der Waals surface area contributed by atoms with E-state index in [1.54, 1.807) is 0 Å². The van der Waals surface area contributed by atoms with Crippen LogP contribution in [-0.4, -0.2) is 98.2 Å². The fourth-order valence-corrected chi connectivity index (χ4v) is 3.81. The van der Waals surface area contributed by atoms with Gasteiger partial charge in [-0.15, -0.1) is 0 Å². The summed E-state index contributed by atoms with van der Waals surface area (Å²) in [7, 11) is 0. The average molecular weight is 495 g/mol. The average Bonchev–Trinajstić information content (AvgIpc) is 3.04. The van der Waals surface area contributed by atoms with Crippen LogP contribution in [0.2, 0.25) is 0 Å². The highest BCUT2D eigenvalue weighted by Gasteiger charge is 2.44. The predicted octanol–water partition coefficient (Wildman–Crippen LogP) is 0.181. The Bertz CT molecular complexity index is 616. The van der Waals surface area contributed by atoms with Crippen LogP contribution >= 0.6 is 0 Å². The van der Waals surface area contributed by atoms with Crippen LogP contribution in [0.5, 0.6) is 0 Å². The van der Waals surface area contributed by atoms with E-state index in [9.17, 15) is 35.1 Å². The largest absolute Gasteiger partial charge is 0.481 e. The normalized spacial score (nSPS) is 28.0. The first kappa shape index (κ1) is 30.7. The lowest BCUT2D eigenvalue weighted by Gasteiger charge is -2.30. The highest BCUT2D eigenvalue weighted by atomic mass is 16.7. The Hall–Kier alpha value is -1.34. The Morgan fingerprint density at radius 1 is 0.912 bits per heavy atom. The van der Waals surface area contributed by atoms with Crippen LogP contribution in [-0.2, 0) is 23.8 Å². The minimum Gasteiger partial charge on any atom is -0.481 e. The van der Waals surface area contributed by atoms with E-state index in [0.29, 0.717) is 12.8 Å². The number of carboxylic acids is 1. The summed E-state index contributed by atoms with van der Waals surface area (Å²) < 4.78 is 16.7. The van der Waals surface area contributed by atoms with Crippen molar-refractivity contribution in [3.8, 4) is 0 Å². The third kappa shape index (κ3) is 9.73. The van der Waals surface area contributed by atoms with Crippen molar-refractivity contribution in [3.63, 3.8) is 0 Å². The van der Waals surface area contributed by atoms with Gasteiger partial charge in [-0.25, -0.2) is 0 Å². The number of carbonyl (C=O) groups excluding carboxylic acids is 1. The maximum atomic E-state index is 12.5. The molecule has 0 aromatic rings. The molecule has 1 aliphatic rings. The number of carboxylic acid groups (broad SMARTS) is 1. The van der Waals surface area contributed by atoms with Gasteiger partial charge in [0.15, 0.2) is 6.29 Å². The van der Waals surface area contributed by atoms with E-state index in [1.165, 1.54) is 0 Å². The fraction of sp³-hybridized carbons (Fsp3) is 0.913. The van der Waals surface area contributed by atoms with Crippen molar-refractivity contribution < 1.29 is 54.4 Å². The van der Waals surface area contributed by atoms with Gasteiger partial charge in [0, 0.05) is 12.8 Å². The van der Waals surface area contributed by atoms with Crippen LogP contribution in [0, 0.1) is 11.8 Å². The van der Waals surface area contributed by atoms with Gasteiger partial charge < -0.3 is 44.8 Å². The summed E-state index contributed by atoms with van der Waals surface area (Å²) in [6.07, 6.45) is -7.89. The Kier molecular flexibility index (Phi) is 13.5. The SMILES string of the molecule is CCC(C)C(CC(O)CC(=O)O)OC(=O)CC(O)CC(OC1OC(CO)C(O)C1O)C(C)CC. The molecule has 10 atom stereocenters. The predicted molar refractivity (Wildman–Crippen MR) is 120 cm³/mol. The Morgan fingerprint density at radius 3 is 1.94 bits per heavy atom. The molecule has 11 heteroatoms. The van der Waals surface area contributed by atoms with Crippen molar-refractivity contribution in [3.05, 3.63) is 0 Å². The molecule has 0 spiro atoms. The standard InChI is InChI=1S/C23H42O11/c1-5-12(3)16(7-14(25)9-19(27)28)32-20(29)10-15(26)8-17(13(4)6-2)33-23-22(31)21(30)18(11-24)34-23/h12-18,21-26,30-31H,5-11H2,1-4H3,(H,27,28). The summed E-state index contributed by atoms with van der Waals surface area (Å²) >= 11 is 0. The van der Waals surface area contributed by atoms with Gasteiger partial charge in [0.05, 0.1) is 37.8 Å². The molecule has 1 heterocycles. The molecule has 1 fully saturated rings. The van der Waals surface area contributed by atoms with Crippen molar-refractivity contribution in [1.82, 2.24) is 0 Å². The van der Waals surface area contributed by atoms with Gasteiger partial charge in [-0.1, -0.05) is 40.5 Å². The lowest BCUT2D eigenvalue weighted by atomic mass is 9.94. The molecule has 6 N–H and O–H groups in total. The Balaban J connectivity index is 2.71. The Morgan fingerprint density at radius 2 is 1.44 bits per heavy atom. The number of esters is 1. The van der Waals surface area contributed by atoms with Gasteiger partial charge in [-0.2, -0.15) is 0 Å². The van der Waals surface area contributed by atoms with Crippen molar-refractivity contribution in [2.75, 3.05) is 6.61 Å². The molecule has 0 saturated carbocycles. The lowest BCUT2D eigenvalue weighted by Crippen LogP contribution is -2.39. The molecular formula is C23H42O11. The quantitative estimate of drug-likeness (QED) is 0.161. The molecule has 11 nitrogen and oxygen atoms in total. The minimum atomic E-state index is -1.36. The van der Waals surface area contributed by atoms with E-state index in [2.05, 4.69) is 0 Å². The molecule has 10 unspecified atom stereocenters. The van der Waals surface area contributed by atoms with Gasteiger partial charge in [0.25, 0.3) is 0 Å². The fourth-order valence-electron chi connectivity index (χ4n) is 3.81. The van der Waals surface area contributed by atoms with Gasteiger partial charge >= 0.3 is 11.9 Å². The minimum absolute atomic E-state index is 0.0208. The van der Waals surface area contributed by atoms with E-state index < -0.39 is 74.0 Å². The third-order valence-electron chi connectivity index (χ3n) is 6.47. The van der Waals surface area contributed by atoms with Crippen LogP contribution in [0.15, 0.2) is 0 Å². The van der Waals surface area contributed by atoms with Gasteiger partial charge in [0.1, 0.15) is 24.4 Å². The van der Waals surface area contributed by atoms with E-state index >= 15 is 0 Å². The van der Waals surface area contributed by atoms with Crippen LogP contribution < -0.4 is 0 Å². The monoisotopic (exact) mass is 494 g/mol. The molecule has 0 bridgehead atoms. The summed E-state index contributed by atoms with van der Waals surface area (Å²) in [5, 5.41) is 58.6. The van der Waals surface area contributed by atoms with Crippen molar-refractivity contribution >= 4 is 11.9 Å². The van der Waals surface area contributed by atoms with Gasteiger partial charge in [0.2, 0.25) is 0 Å². The molecule has 0 aliphatic carbocycles. The van der Waals surface area contributed by atoms with Crippen molar-refractivity contribution in [1.29, 1.82) is 0 Å². The number of ether oxygens (including phenoxy) is 3. The van der Waals surface area contributed by atoms with E-state index in [1.807, 2.05) is 27.7 Å². The molecular weight excluding hydrogens is 452 g/mol. The number of aliphatic hydroxyl groups is 5. The highest BCUT2D eigenvalue weighted by molar-refractivity contribution is 5.70. The van der Waals surface area contributed by atoms with Crippen LogP contribution in [0.4, 0.5) is 0 Å². The van der Waals surface area contributed by atoms with E-state index in [4.69, 9.17) is 19.3 Å². The molecule has 0 radical (unpaired) electrons. The maximum Gasteiger partial charge on any atom is 0.308 e. The second kappa shape index (κ2) is 14.9. The molecule has 200 valence electrons. The first-order valence-electron chi connectivity index (χ1n) is 12.0. The van der Waals surface area contributed by atoms with Crippen LogP contribution in [0.1, 0.15) is 66.2 Å². The first-order valence-corrected chi connectivity index (χ1v) is 12.0. The summed E-state index contributed by atoms with van der Waals surface area (Å²) in [4.78, 5) is 23.3. The van der Waals surface area contributed by atoms with Crippen molar-refractivity contribution in [2.24, 2.45) is 11.8 Å². The van der Waals surface area contributed by atoms with Crippen molar-refractivity contribution in [2.45, 2.75) is 115 Å². The Labute approximate surface area is 200 Å². The number of rotatable bonds is 16. The molecule has 0 aromatic carbocycles. The highest BCUT2D eigenvalue weighted by Crippen LogP contribution is 2.28. The zero-order valence-corrected chi connectivity index (χ0v) is 20.4. The summed E-state index contributed by atoms with van der Waals surface area (Å²) in [5.41, 5.74) is 0. The third-order valence-corrected chi connectivity index (χ3v) is 6.47. The van der Waals surface area contributed by atoms with Crippen LogP contribution in [0.25, 0.3) is 0 Å². The topological polar surface area (TPSA) is 183 Å². The number of carbonyl (C=O) groups is 2. The number of aliphatic hydroxyl groups excluding tert-OH is 5. The number of hydrogen-bond donors (Lipinski definition) is 6. The first-order chi connectivity index (χ1) is 15.9. The summed E-state index contributed by atoms with van der Waals surface area (Å²) in [6, 6.07) is 0. The molecule has 1 rings (SSSR count). The zero-order chi connectivity index (χ0) is 26.0. The zero-order valence-electron chi connectivity index (χ0n) is 20.4. The molecule has 1 saturated heterocycles. The summed E-state index contributed by atoms with van der Waals surface area (Å²) in [6.45, 7) is 7.02. The van der Waals surface area contributed by atoms with Gasteiger partial charge in [-0.3, -0.25) is 9.59 Å². The lowest BCUT2D eigenvalue weighted by molar-refractivity contribution is -0.208. The maximum absolute atomic E-state index is 12.5. The molecule has 0 amide bonds. The van der Waals surface area contributed by atoms with E-state index in [0.717, 1.165) is 0 Å². The second-order valence-corrected chi connectivity index (χ2v) is 9.26. The molecule has 0 aromatic heterocycles. The van der Waals surface area contributed by atoms with Gasteiger partial charge in [-0.05, 0) is 11.8 Å². The smallest absolute Gasteiger partial charge is 0.308 e. The summed E-state index contributed by atoms with van der Waals surface area (Å²) in [5.74, 6) is -2.03. The number of aliphatic carboxylic acids is 1. The number of hydrogen-bond acceptors (Lipinski definition) is 10. The van der Waals surface area contributed by atoms with E-state index in [-0.39, 0.29) is 31.1 Å². The second-order valence-electron chi connectivity index (χ2n) is 9.26.